The second kappa shape index (κ2) is 9.68. The van der Waals surface area contributed by atoms with Crippen molar-refractivity contribution >= 4 is 40.1 Å². The number of hydrogen-bond acceptors (Lipinski definition) is 10. The molecule has 0 radical (unpaired) electrons. The molecule has 1 fully saturated rings. The largest absolute Gasteiger partial charge is 0.463 e. The lowest BCUT2D eigenvalue weighted by molar-refractivity contribution is -0.284. The van der Waals surface area contributed by atoms with E-state index in [9.17, 15) is 19.2 Å². The monoisotopic (exact) mass is 426 g/mol. The Morgan fingerprint density at radius 1 is 0.800 bits per heavy atom. The van der Waals surface area contributed by atoms with Gasteiger partial charge in [-0.25, -0.2) is 0 Å². The first-order chi connectivity index (χ1) is 11.6. The summed E-state index contributed by atoms with van der Waals surface area (Å²) in [6.07, 6.45) is -5.88. The molecule has 1 aliphatic heterocycles. The van der Waals surface area contributed by atoms with E-state index >= 15 is 0 Å². The Kier molecular flexibility index (Phi) is 8.26. The SMILES string of the molecule is CC(=O)OC[C@H]1O[C@H](OBr)[C@H](OC(C)=O)[C@@H](OC(C)=O)[C@H]1OC(C)=O. The quantitative estimate of drug-likeness (QED) is 0.435. The van der Waals surface area contributed by atoms with Crippen LogP contribution in [0.1, 0.15) is 27.7 Å². The molecule has 11 heteroatoms. The molecular weight excluding hydrogens is 408 g/mol. The number of esters is 4. The molecule has 0 spiro atoms. The lowest BCUT2D eigenvalue weighted by Crippen LogP contribution is -2.62. The maximum absolute atomic E-state index is 11.5. The van der Waals surface area contributed by atoms with E-state index in [-0.39, 0.29) is 6.61 Å². The number of carbonyl (C=O) groups excluding carboxylic acids is 4. The average molecular weight is 427 g/mol. The molecule has 1 rings (SSSR count). The number of rotatable bonds is 6. The van der Waals surface area contributed by atoms with Gasteiger partial charge in [0.1, 0.15) is 29.0 Å². The fraction of sp³-hybridized carbons (Fsp3) is 0.714. The van der Waals surface area contributed by atoms with Gasteiger partial charge in [0.2, 0.25) is 6.29 Å². The van der Waals surface area contributed by atoms with Gasteiger partial charge < -0.3 is 23.7 Å². The normalized spacial score (nSPS) is 28.6. The van der Waals surface area contributed by atoms with Gasteiger partial charge in [-0.3, -0.25) is 23.0 Å². The van der Waals surface area contributed by atoms with Gasteiger partial charge in [0.25, 0.3) is 0 Å². The molecule has 0 aliphatic carbocycles. The lowest BCUT2D eigenvalue weighted by atomic mass is 9.98. The van der Waals surface area contributed by atoms with Crippen LogP contribution in [0.25, 0.3) is 0 Å². The van der Waals surface area contributed by atoms with E-state index in [1.807, 2.05) is 0 Å². The Balaban J connectivity index is 3.18. The van der Waals surface area contributed by atoms with Crippen LogP contribution in [0, 0.1) is 0 Å². The first-order valence-electron chi connectivity index (χ1n) is 7.23. The van der Waals surface area contributed by atoms with E-state index in [4.69, 9.17) is 27.5 Å². The number of hydrogen-bond donors (Lipinski definition) is 0. The number of ether oxygens (including phenoxy) is 5. The maximum Gasteiger partial charge on any atom is 0.303 e. The minimum Gasteiger partial charge on any atom is -0.463 e. The minimum atomic E-state index is -1.23. The first kappa shape index (κ1) is 21.3. The van der Waals surface area contributed by atoms with Crippen molar-refractivity contribution < 1.29 is 46.7 Å². The van der Waals surface area contributed by atoms with Gasteiger partial charge in [0.05, 0.1) is 0 Å². The zero-order valence-corrected chi connectivity index (χ0v) is 15.6. The molecule has 0 aromatic heterocycles. The summed E-state index contributed by atoms with van der Waals surface area (Å²) in [5, 5.41) is 0. The van der Waals surface area contributed by atoms with Crippen molar-refractivity contribution in [2.24, 2.45) is 0 Å². The second-order valence-electron chi connectivity index (χ2n) is 5.16. The van der Waals surface area contributed by atoms with Crippen molar-refractivity contribution in [2.45, 2.75) is 58.4 Å². The predicted octanol–water partition coefficient (Wildman–Crippen LogP) is 0.396. The highest BCUT2D eigenvalue weighted by molar-refractivity contribution is 9.06. The molecule has 1 heterocycles. The van der Waals surface area contributed by atoms with Gasteiger partial charge in [-0.05, 0) is 0 Å². The van der Waals surface area contributed by atoms with Crippen molar-refractivity contribution in [3.8, 4) is 0 Å². The van der Waals surface area contributed by atoms with E-state index < -0.39 is 54.6 Å². The summed E-state index contributed by atoms with van der Waals surface area (Å²) in [5.41, 5.74) is 0. The number of halogens is 1. The molecule has 1 aliphatic rings. The third-order valence-electron chi connectivity index (χ3n) is 3.04. The Morgan fingerprint density at radius 2 is 1.28 bits per heavy atom. The average Bonchev–Trinajstić information content (AvgIpc) is 2.48. The van der Waals surface area contributed by atoms with Crippen LogP contribution in [0.5, 0.6) is 0 Å². The maximum atomic E-state index is 11.5. The van der Waals surface area contributed by atoms with Gasteiger partial charge in [-0.15, -0.1) is 0 Å². The van der Waals surface area contributed by atoms with Crippen molar-refractivity contribution in [1.82, 2.24) is 0 Å². The van der Waals surface area contributed by atoms with Crippen LogP contribution in [-0.2, 0) is 46.7 Å². The van der Waals surface area contributed by atoms with Crippen LogP contribution in [0.3, 0.4) is 0 Å². The summed E-state index contributed by atoms with van der Waals surface area (Å²) < 4.78 is 30.8. The summed E-state index contributed by atoms with van der Waals surface area (Å²) in [5.74, 6) is -2.69. The predicted molar refractivity (Wildman–Crippen MR) is 82.0 cm³/mol. The van der Waals surface area contributed by atoms with Gasteiger partial charge in [-0.1, -0.05) is 0 Å². The highest BCUT2D eigenvalue weighted by Crippen LogP contribution is 2.30. The molecule has 25 heavy (non-hydrogen) atoms. The van der Waals surface area contributed by atoms with E-state index in [1.165, 1.54) is 6.92 Å². The highest BCUT2D eigenvalue weighted by Gasteiger charge is 2.52. The van der Waals surface area contributed by atoms with Crippen LogP contribution in [-0.4, -0.2) is 61.2 Å². The van der Waals surface area contributed by atoms with Gasteiger partial charge in [-0.2, -0.15) is 0 Å². The van der Waals surface area contributed by atoms with Crippen molar-refractivity contribution in [3.05, 3.63) is 0 Å². The molecule has 142 valence electrons. The Morgan fingerprint density at radius 3 is 1.72 bits per heavy atom. The summed E-state index contributed by atoms with van der Waals surface area (Å²) in [4.78, 5) is 45.3. The molecule has 0 aromatic rings. The van der Waals surface area contributed by atoms with Crippen LogP contribution in [0.15, 0.2) is 0 Å². The third kappa shape index (κ3) is 6.59. The van der Waals surface area contributed by atoms with Crippen molar-refractivity contribution in [2.75, 3.05) is 6.61 Å². The Labute approximate surface area is 152 Å². The zero-order chi connectivity index (χ0) is 19.1. The van der Waals surface area contributed by atoms with Crippen molar-refractivity contribution in [1.29, 1.82) is 0 Å². The minimum absolute atomic E-state index is 0.301. The smallest absolute Gasteiger partial charge is 0.303 e. The topological polar surface area (TPSA) is 124 Å². The van der Waals surface area contributed by atoms with Crippen LogP contribution >= 0.6 is 16.3 Å². The fourth-order valence-corrected chi connectivity index (χ4v) is 2.56. The first-order valence-corrected chi connectivity index (χ1v) is 7.88. The van der Waals surface area contributed by atoms with E-state index in [0.29, 0.717) is 0 Å². The summed E-state index contributed by atoms with van der Waals surface area (Å²) >= 11 is 2.74. The Bertz CT molecular complexity index is 522. The number of carbonyl (C=O) groups is 4. The second-order valence-corrected chi connectivity index (χ2v) is 5.53. The zero-order valence-electron chi connectivity index (χ0n) is 14.1. The van der Waals surface area contributed by atoms with E-state index in [1.54, 1.807) is 0 Å². The molecule has 5 atom stereocenters. The standard InChI is InChI=1S/C14H19BrO10/c1-6(16)20-5-10-11(21-7(2)17)12(22-8(3)18)13(23-9(4)19)14(24-10)25-15/h10-14H,5H2,1-4H3/t10-,11+,12+,13-,14-/m1/s1. The highest BCUT2D eigenvalue weighted by atomic mass is 79.9. The van der Waals surface area contributed by atoms with Crippen LogP contribution in [0.2, 0.25) is 0 Å². The molecule has 0 aromatic carbocycles. The molecule has 0 bridgehead atoms. The molecule has 0 unspecified atom stereocenters. The fourth-order valence-electron chi connectivity index (χ4n) is 2.26. The summed E-state index contributed by atoms with van der Waals surface area (Å²) in [6, 6.07) is 0. The van der Waals surface area contributed by atoms with Gasteiger partial charge >= 0.3 is 23.9 Å². The molecule has 10 nitrogen and oxygen atoms in total. The van der Waals surface area contributed by atoms with Gasteiger partial charge in [0, 0.05) is 27.7 Å². The Hall–Kier alpha value is -1.72. The van der Waals surface area contributed by atoms with Gasteiger partial charge in [0.15, 0.2) is 18.3 Å². The lowest BCUT2D eigenvalue weighted by Gasteiger charge is -2.43. The molecule has 0 amide bonds. The molecule has 0 saturated carbocycles. The van der Waals surface area contributed by atoms with E-state index in [0.717, 1.165) is 20.8 Å². The van der Waals surface area contributed by atoms with Crippen LogP contribution in [0.4, 0.5) is 0 Å². The summed E-state index contributed by atoms with van der Waals surface area (Å²) in [7, 11) is 0. The molecule has 1 saturated heterocycles. The third-order valence-corrected chi connectivity index (χ3v) is 3.40. The molecule has 0 N–H and O–H groups in total. The van der Waals surface area contributed by atoms with Crippen LogP contribution < -0.4 is 0 Å². The summed E-state index contributed by atoms with van der Waals surface area (Å²) in [6.45, 7) is 4.30. The van der Waals surface area contributed by atoms with Crippen molar-refractivity contribution in [3.63, 3.8) is 0 Å². The molecular formula is C14H19BrO10. The van der Waals surface area contributed by atoms with E-state index in [2.05, 4.69) is 16.3 Å².